The van der Waals surface area contributed by atoms with Crippen LogP contribution in [0.1, 0.15) is 22.5 Å². The molecule has 6 nitrogen and oxygen atoms in total. The molecule has 0 radical (unpaired) electrons. The molecule has 25 heavy (non-hydrogen) atoms. The smallest absolute Gasteiger partial charge is 0.244 e. The minimum Gasteiger partial charge on any atom is -0.348 e. The largest absolute Gasteiger partial charge is 0.348 e. The normalized spacial score (nSPS) is 11.2. The first-order valence-electron chi connectivity index (χ1n) is 8.09. The van der Waals surface area contributed by atoms with Crippen LogP contribution in [0.15, 0.2) is 48.8 Å². The summed E-state index contributed by atoms with van der Waals surface area (Å²) in [4.78, 5) is 12.0. The lowest BCUT2D eigenvalue weighted by Crippen LogP contribution is -2.21. The first-order chi connectivity index (χ1) is 12.0. The monoisotopic (exact) mass is 335 g/mol. The van der Waals surface area contributed by atoms with E-state index in [9.17, 15) is 4.79 Å². The van der Waals surface area contributed by atoms with Crippen molar-refractivity contribution in [1.29, 1.82) is 0 Å². The first kappa shape index (κ1) is 16.7. The number of hydrogen-bond donors (Lipinski definition) is 1. The van der Waals surface area contributed by atoms with Crippen molar-refractivity contribution in [3.8, 4) is 5.69 Å². The molecular weight excluding hydrogens is 314 g/mol. The minimum absolute atomic E-state index is 0.143. The van der Waals surface area contributed by atoms with Crippen LogP contribution >= 0.6 is 0 Å². The Morgan fingerprint density at radius 1 is 1.24 bits per heavy atom. The van der Waals surface area contributed by atoms with Crippen molar-refractivity contribution >= 4 is 12.0 Å². The molecule has 3 rings (SSSR count). The van der Waals surface area contributed by atoms with Gasteiger partial charge in [0.25, 0.3) is 0 Å². The minimum atomic E-state index is -0.143. The van der Waals surface area contributed by atoms with Gasteiger partial charge < -0.3 is 5.32 Å². The summed E-state index contributed by atoms with van der Waals surface area (Å²) >= 11 is 0. The molecule has 0 saturated carbocycles. The van der Waals surface area contributed by atoms with Gasteiger partial charge in [-0.2, -0.15) is 10.2 Å². The van der Waals surface area contributed by atoms with Crippen molar-refractivity contribution in [2.75, 3.05) is 0 Å². The average molecular weight is 335 g/mol. The number of aryl methyl sites for hydroxylation is 2. The van der Waals surface area contributed by atoms with Gasteiger partial charge in [-0.1, -0.05) is 18.2 Å². The van der Waals surface area contributed by atoms with E-state index < -0.39 is 0 Å². The number of nitrogens with zero attached hydrogens (tertiary/aromatic N) is 4. The highest BCUT2D eigenvalue weighted by molar-refractivity contribution is 5.91. The van der Waals surface area contributed by atoms with Crippen LogP contribution in [0.2, 0.25) is 0 Å². The summed E-state index contributed by atoms with van der Waals surface area (Å²) in [5.41, 5.74) is 4.88. The van der Waals surface area contributed by atoms with E-state index in [0.29, 0.717) is 6.54 Å². The summed E-state index contributed by atoms with van der Waals surface area (Å²) in [5.74, 6) is -0.143. The van der Waals surface area contributed by atoms with Crippen molar-refractivity contribution in [3.63, 3.8) is 0 Å². The van der Waals surface area contributed by atoms with E-state index in [1.165, 1.54) is 6.08 Å². The SMILES string of the molecule is Cc1nn(-c2ccccc2)c(C)c1CNC(=O)/C=C\c1cnn(C)c1. The Morgan fingerprint density at radius 3 is 2.68 bits per heavy atom. The number of amides is 1. The Morgan fingerprint density at radius 2 is 2.00 bits per heavy atom. The molecule has 0 fully saturated rings. The van der Waals surface area contributed by atoms with Crippen LogP contribution < -0.4 is 5.32 Å². The molecule has 6 heteroatoms. The van der Waals surface area contributed by atoms with Crippen LogP contribution in [0.25, 0.3) is 11.8 Å². The zero-order valence-corrected chi connectivity index (χ0v) is 14.6. The predicted octanol–water partition coefficient (Wildman–Crippen LogP) is 2.55. The third kappa shape index (κ3) is 3.85. The van der Waals surface area contributed by atoms with Crippen molar-refractivity contribution in [1.82, 2.24) is 24.9 Å². The maximum absolute atomic E-state index is 12.0. The Balaban J connectivity index is 1.68. The van der Waals surface area contributed by atoms with Gasteiger partial charge in [-0.15, -0.1) is 0 Å². The van der Waals surface area contributed by atoms with Crippen LogP contribution in [0, 0.1) is 13.8 Å². The topological polar surface area (TPSA) is 64.7 Å². The van der Waals surface area contributed by atoms with E-state index >= 15 is 0 Å². The van der Waals surface area contributed by atoms with Gasteiger partial charge in [0.2, 0.25) is 5.91 Å². The van der Waals surface area contributed by atoms with Gasteiger partial charge in [0.1, 0.15) is 0 Å². The Hall–Kier alpha value is -3.15. The van der Waals surface area contributed by atoms with Gasteiger partial charge in [0.15, 0.2) is 0 Å². The molecule has 1 aromatic carbocycles. The lowest BCUT2D eigenvalue weighted by atomic mass is 10.2. The molecule has 0 aliphatic heterocycles. The van der Waals surface area contributed by atoms with E-state index in [2.05, 4.69) is 15.5 Å². The van der Waals surface area contributed by atoms with Crippen molar-refractivity contribution in [2.24, 2.45) is 7.05 Å². The number of para-hydroxylation sites is 1. The second-order valence-corrected chi connectivity index (χ2v) is 5.90. The van der Waals surface area contributed by atoms with Crippen LogP contribution in [-0.2, 0) is 18.4 Å². The highest BCUT2D eigenvalue weighted by Gasteiger charge is 2.13. The molecule has 128 valence electrons. The van der Waals surface area contributed by atoms with Gasteiger partial charge in [-0.05, 0) is 32.1 Å². The summed E-state index contributed by atoms with van der Waals surface area (Å²) < 4.78 is 3.60. The number of aromatic nitrogens is 4. The van der Waals surface area contributed by atoms with E-state index in [4.69, 9.17) is 0 Å². The number of nitrogens with one attached hydrogen (secondary N) is 1. The van der Waals surface area contributed by atoms with Gasteiger partial charge in [-0.25, -0.2) is 4.68 Å². The molecule has 3 aromatic rings. The molecule has 1 amide bonds. The number of benzene rings is 1. The lowest BCUT2D eigenvalue weighted by Gasteiger charge is -2.06. The maximum atomic E-state index is 12.0. The zero-order valence-electron chi connectivity index (χ0n) is 14.6. The Kier molecular flexibility index (Phi) is 4.79. The highest BCUT2D eigenvalue weighted by atomic mass is 16.1. The Bertz CT molecular complexity index is 905. The third-order valence-electron chi connectivity index (χ3n) is 4.03. The summed E-state index contributed by atoms with van der Waals surface area (Å²) in [7, 11) is 1.84. The zero-order chi connectivity index (χ0) is 17.8. The lowest BCUT2D eigenvalue weighted by molar-refractivity contribution is -0.116. The fourth-order valence-electron chi connectivity index (χ4n) is 2.68. The number of carbonyl (C=O) groups is 1. The van der Waals surface area contributed by atoms with E-state index in [1.54, 1.807) is 17.0 Å². The highest BCUT2D eigenvalue weighted by Crippen LogP contribution is 2.17. The molecule has 0 spiro atoms. The van der Waals surface area contributed by atoms with Gasteiger partial charge in [0, 0.05) is 42.7 Å². The average Bonchev–Trinajstić information content (AvgIpc) is 3.15. The molecule has 0 aliphatic carbocycles. The van der Waals surface area contributed by atoms with Crippen molar-refractivity contribution < 1.29 is 4.79 Å². The second kappa shape index (κ2) is 7.17. The fourth-order valence-corrected chi connectivity index (χ4v) is 2.68. The fraction of sp³-hybridized carbons (Fsp3) is 0.211. The molecule has 0 saturated heterocycles. The molecule has 2 heterocycles. The maximum Gasteiger partial charge on any atom is 0.244 e. The number of rotatable bonds is 5. The van der Waals surface area contributed by atoms with Crippen molar-refractivity contribution in [2.45, 2.75) is 20.4 Å². The van der Waals surface area contributed by atoms with Gasteiger partial charge in [-0.3, -0.25) is 9.48 Å². The summed E-state index contributed by atoms with van der Waals surface area (Å²) in [6.07, 6.45) is 6.82. The molecule has 0 unspecified atom stereocenters. The predicted molar refractivity (Wildman–Crippen MR) is 97.1 cm³/mol. The number of carbonyl (C=O) groups excluding carboxylic acids is 1. The number of hydrogen-bond acceptors (Lipinski definition) is 3. The molecule has 2 aromatic heterocycles. The third-order valence-corrected chi connectivity index (χ3v) is 4.03. The summed E-state index contributed by atoms with van der Waals surface area (Å²) in [6.45, 7) is 4.42. The summed E-state index contributed by atoms with van der Waals surface area (Å²) in [5, 5.41) is 11.6. The van der Waals surface area contributed by atoms with Crippen LogP contribution in [0.4, 0.5) is 0 Å². The Labute approximate surface area is 146 Å². The second-order valence-electron chi connectivity index (χ2n) is 5.90. The van der Waals surface area contributed by atoms with Gasteiger partial charge >= 0.3 is 0 Å². The van der Waals surface area contributed by atoms with Crippen LogP contribution in [0.5, 0.6) is 0 Å². The van der Waals surface area contributed by atoms with Crippen LogP contribution in [0.3, 0.4) is 0 Å². The first-order valence-corrected chi connectivity index (χ1v) is 8.09. The quantitative estimate of drug-likeness (QED) is 0.729. The standard InChI is InChI=1S/C19H21N5O/c1-14-18(15(2)24(22-14)17-7-5-4-6-8-17)12-20-19(25)10-9-16-11-21-23(3)13-16/h4-11,13H,12H2,1-3H3,(H,20,25)/b10-9-. The van der Waals surface area contributed by atoms with Crippen molar-refractivity contribution in [3.05, 3.63) is 71.3 Å². The summed E-state index contributed by atoms with van der Waals surface area (Å²) in [6, 6.07) is 9.97. The molecule has 0 aliphatic rings. The van der Waals surface area contributed by atoms with Crippen LogP contribution in [-0.4, -0.2) is 25.5 Å². The van der Waals surface area contributed by atoms with E-state index in [-0.39, 0.29) is 5.91 Å². The molecular formula is C19H21N5O. The van der Waals surface area contributed by atoms with Gasteiger partial charge in [0.05, 0.1) is 17.6 Å². The molecule has 0 bridgehead atoms. The molecule has 1 N–H and O–H groups in total. The molecule has 0 atom stereocenters. The van der Waals surface area contributed by atoms with E-state index in [0.717, 1.165) is 28.2 Å². The van der Waals surface area contributed by atoms with E-state index in [1.807, 2.05) is 62.1 Å².